The molecule has 0 aliphatic heterocycles. The van der Waals surface area contributed by atoms with Crippen LogP contribution < -0.4 is 17.5 Å². The molecule has 2 N–H and O–H groups in total. The van der Waals surface area contributed by atoms with E-state index in [4.69, 9.17) is 0 Å². The number of aryl methyl sites for hydroxylation is 2. The van der Waals surface area contributed by atoms with Gasteiger partial charge < -0.3 is 12.4 Å². The van der Waals surface area contributed by atoms with Gasteiger partial charge in [0.05, 0.1) is 13.6 Å². The maximum absolute atomic E-state index is 2.99. The van der Waals surface area contributed by atoms with E-state index in [1.807, 2.05) is 0 Å². The average Bonchev–Trinajstić information content (AvgIpc) is 1.91. The summed E-state index contributed by atoms with van der Waals surface area (Å²) in [4.78, 5) is 2.97. The first kappa shape index (κ1) is 7.93. The highest BCUT2D eigenvalue weighted by atomic mass is 35.5. The molecule has 0 amide bonds. The van der Waals surface area contributed by atoms with Crippen molar-refractivity contribution in [2.45, 2.75) is 13.8 Å². The molecule has 0 aliphatic rings. The minimum absolute atomic E-state index is 0. The van der Waals surface area contributed by atoms with Gasteiger partial charge in [-0.05, 0) is 6.92 Å². The Morgan fingerprint density at radius 1 is 1.50 bits per heavy atom. The summed E-state index contributed by atoms with van der Waals surface area (Å²) in [5.41, 5.74) is 1.25. The number of aromatic amines is 2. The van der Waals surface area contributed by atoms with Crippen molar-refractivity contribution in [2.24, 2.45) is 0 Å². The molecule has 0 aromatic carbocycles. The molecule has 1 heterocycles. The molecule has 0 atom stereocenters. The molecule has 0 bridgehead atoms. The Kier molecular flexibility index (Phi) is 3.03. The van der Waals surface area contributed by atoms with Crippen molar-refractivity contribution in [3.05, 3.63) is 11.0 Å². The normalized spacial score (nSPS) is 9.25. The largest absolute Gasteiger partial charge is 1.00 e. The Labute approximate surface area is 56.3 Å². The molecule has 0 radical (unpaired) electrons. The lowest BCUT2D eigenvalue weighted by molar-refractivity contribution is -0.451. The molecule has 0 saturated carbocycles. The lowest BCUT2D eigenvalue weighted by atomic mass is 10.4. The molecule has 0 unspecified atom stereocenters. The summed E-state index contributed by atoms with van der Waals surface area (Å²) in [5, 5.41) is 4.36. The van der Waals surface area contributed by atoms with E-state index in [1.165, 1.54) is 19.3 Å². The Morgan fingerprint density at radius 3 is 2.25 bits per heavy atom. The second-order valence-corrected chi connectivity index (χ2v) is 2.68. The number of aromatic nitrogens is 2. The fourth-order valence-electron chi connectivity index (χ4n) is 0.370. The number of hydrogen-bond donors (Lipinski definition) is 1. The minimum atomic E-state index is 0. The summed E-state index contributed by atoms with van der Waals surface area (Å²) >= 11 is 0. The summed E-state index contributed by atoms with van der Waals surface area (Å²) in [6.45, 7) is 4.16. The van der Waals surface area contributed by atoms with Gasteiger partial charge in [0.25, 0.3) is 0 Å². The molecule has 0 spiro atoms. The van der Waals surface area contributed by atoms with Crippen molar-refractivity contribution in [2.75, 3.05) is 0 Å². The lowest BCUT2D eigenvalue weighted by Gasteiger charge is -1.68. The van der Waals surface area contributed by atoms with Crippen molar-refractivity contribution in [1.29, 1.82) is 0 Å². The van der Waals surface area contributed by atoms with E-state index in [1.54, 1.807) is 0 Å². The molecule has 8 heavy (non-hydrogen) atoms. The third-order valence-corrected chi connectivity index (χ3v) is 1.90. The van der Waals surface area contributed by atoms with E-state index >= 15 is 0 Å². The summed E-state index contributed by atoms with van der Waals surface area (Å²) in [7, 11) is 1.20. The fourth-order valence-corrected chi connectivity index (χ4v) is 0.985. The first-order valence-corrected chi connectivity index (χ1v) is 3.09. The summed E-state index contributed by atoms with van der Waals surface area (Å²) in [5.74, 6) is 0. The number of H-pyrrole nitrogens is 2. The quantitative estimate of drug-likeness (QED) is 0.445. The summed E-state index contributed by atoms with van der Waals surface area (Å²) in [6, 6.07) is 0. The van der Waals surface area contributed by atoms with Crippen LogP contribution in [0.1, 0.15) is 11.0 Å². The molecule has 4 heteroatoms. The van der Waals surface area contributed by atoms with Crippen LogP contribution in [0.4, 0.5) is 0 Å². The molecule has 1 aromatic heterocycles. The number of hydrogen-bond acceptors (Lipinski definition) is 0. The molecule has 0 fully saturated rings. The van der Waals surface area contributed by atoms with Gasteiger partial charge in [0.15, 0.2) is 0 Å². The van der Waals surface area contributed by atoms with Crippen molar-refractivity contribution < 1.29 is 17.5 Å². The molecular weight excluding hydrogens is 142 g/mol. The van der Waals surface area contributed by atoms with E-state index in [9.17, 15) is 0 Å². The van der Waals surface area contributed by atoms with Crippen LogP contribution in [-0.2, 0) is 0 Å². The Bertz CT molecular complexity index is 146. The fraction of sp³-hybridized carbons (Fsp3) is 0.500. The maximum Gasteiger partial charge on any atom is 0.209 e. The van der Waals surface area contributed by atoms with Crippen LogP contribution in [0.5, 0.6) is 0 Å². The van der Waals surface area contributed by atoms with Gasteiger partial charge in [0, 0.05) is 6.92 Å². The summed E-state index contributed by atoms with van der Waals surface area (Å²) in [6.07, 6.45) is 0. The topological polar surface area (TPSA) is 29.9 Å². The van der Waals surface area contributed by atoms with E-state index in [2.05, 4.69) is 23.8 Å². The second-order valence-electron chi connectivity index (χ2n) is 1.56. The van der Waals surface area contributed by atoms with Crippen LogP contribution in [-0.4, -0.2) is 4.86 Å². The average molecular weight is 151 g/mol. The van der Waals surface area contributed by atoms with Gasteiger partial charge in [-0.1, -0.05) is 0 Å². The SMILES string of the molecule is Cc1[nH+][nH]pc1C.[Cl-]. The number of halogens is 1. The smallest absolute Gasteiger partial charge is 0.209 e. The third kappa shape index (κ3) is 1.46. The van der Waals surface area contributed by atoms with Gasteiger partial charge in [0.2, 0.25) is 5.69 Å². The van der Waals surface area contributed by atoms with Gasteiger partial charge >= 0.3 is 0 Å². The highest BCUT2D eigenvalue weighted by Crippen LogP contribution is 2.06. The van der Waals surface area contributed by atoms with Crippen molar-refractivity contribution >= 4 is 8.35 Å². The predicted octanol–water partition coefficient (Wildman–Crippen LogP) is -1.97. The van der Waals surface area contributed by atoms with E-state index in [0.29, 0.717) is 0 Å². The molecule has 46 valence electrons. The number of rotatable bonds is 0. The zero-order chi connectivity index (χ0) is 5.28. The van der Waals surface area contributed by atoms with E-state index in [0.717, 1.165) is 0 Å². The van der Waals surface area contributed by atoms with Crippen LogP contribution in [0.25, 0.3) is 0 Å². The first-order chi connectivity index (χ1) is 3.30. The van der Waals surface area contributed by atoms with Crippen LogP contribution in [0.2, 0.25) is 0 Å². The van der Waals surface area contributed by atoms with E-state index in [-0.39, 0.29) is 12.4 Å². The zero-order valence-electron chi connectivity index (χ0n) is 4.83. The van der Waals surface area contributed by atoms with Crippen molar-refractivity contribution in [1.82, 2.24) is 4.86 Å². The standard InChI is InChI=1S/C4H7N2P.ClH/c1-3-4(2)7-6-5-3;/h1-2H3,(H,5,6);1H. The van der Waals surface area contributed by atoms with Gasteiger partial charge in [-0.2, -0.15) is 4.86 Å². The third-order valence-electron chi connectivity index (χ3n) is 1.01. The highest BCUT2D eigenvalue weighted by molar-refractivity contribution is 7.26. The van der Waals surface area contributed by atoms with Gasteiger partial charge in [0.1, 0.15) is 0 Å². The predicted molar refractivity (Wildman–Crippen MR) is 29.3 cm³/mol. The van der Waals surface area contributed by atoms with Crippen molar-refractivity contribution in [3.8, 4) is 0 Å². The Morgan fingerprint density at radius 2 is 2.12 bits per heavy atom. The van der Waals surface area contributed by atoms with Gasteiger partial charge in [-0.3, -0.25) is 0 Å². The second kappa shape index (κ2) is 3.06. The molecule has 2 nitrogen and oxygen atoms in total. The van der Waals surface area contributed by atoms with E-state index < -0.39 is 0 Å². The Hall–Kier alpha value is -0.0700. The lowest BCUT2D eigenvalue weighted by Crippen LogP contribution is -3.00. The Balaban J connectivity index is 0.000000490. The van der Waals surface area contributed by atoms with Crippen LogP contribution in [0.3, 0.4) is 0 Å². The molecule has 0 aliphatic carbocycles. The zero-order valence-corrected chi connectivity index (χ0v) is 6.48. The number of nitrogens with one attached hydrogen (secondary N) is 2. The van der Waals surface area contributed by atoms with Crippen LogP contribution >= 0.6 is 8.35 Å². The monoisotopic (exact) mass is 150 g/mol. The van der Waals surface area contributed by atoms with Crippen LogP contribution in [0.15, 0.2) is 0 Å². The maximum atomic E-state index is 2.99. The molecular formula is C4H8ClN2P. The molecule has 1 aromatic rings. The van der Waals surface area contributed by atoms with Crippen LogP contribution in [0, 0.1) is 13.8 Å². The summed E-state index contributed by atoms with van der Waals surface area (Å²) < 4.78 is 0. The minimum Gasteiger partial charge on any atom is -1.00 e. The van der Waals surface area contributed by atoms with Gasteiger partial charge in [-0.15, -0.1) is 5.10 Å². The molecule has 0 saturated heterocycles. The molecule has 1 rings (SSSR count). The van der Waals surface area contributed by atoms with Crippen molar-refractivity contribution in [3.63, 3.8) is 0 Å². The highest BCUT2D eigenvalue weighted by Gasteiger charge is 1.96. The first-order valence-electron chi connectivity index (χ1n) is 2.20. The van der Waals surface area contributed by atoms with Gasteiger partial charge in [-0.25, -0.2) is 0 Å².